The summed E-state index contributed by atoms with van der Waals surface area (Å²) < 4.78 is 47.4. The van der Waals surface area contributed by atoms with Crippen LogP contribution in [0.4, 0.5) is 17.6 Å². The van der Waals surface area contributed by atoms with Gasteiger partial charge in [0.25, 0.3) is 5.92 Å². The van der Waals surface area contributed by atoms with Crippen LogP contribution in [0.3, 0.4) is 0 Å². The Morgan fingerprint density at radius 2 is 1.91 bits per heavy atom. The largest absolute Gasteiger partial charge is 0.266 e. The fraction of sp³-hybridized carbons (Fsp3) is 0.714. The summed E-state index contributed by atoms with van der Waals surface area (Å²) in [6.07, 6.45) is -3.19. The number of hydrogen-bond donors (Lipinski definition) is 0. The molecule has 0 aromatic rings. The lowest BCUT2D eigenvalue weighted by Gasteiger charge is -2.09. The molecule has 0 spiro atoms. The Morgan fingerprint density at radius 1 is 1.36 bits per heavy atom. The van der Waals surface area contributed by atoms with Gasteiger partial charge >= 0.3 is 0 Å². The lowest BCUT2D eigenvalue weighted by atomic mass is 10.1. The summed E-state index contributed by atoms with van der Waals surface area (Å²) in [7, 11) is 0. The monoisotopic (exact) mass is 170 g/mol. The van der Waals surface area contributed by atoms with Gasteiger partial charge in [0.05, 0.1) is 0 Å². The molecule has 66 valence electrons. The highest BCUT2D eigenvalue weighted by Gasteiger charge is 2.23. The highest BCUT2D eigenvalue weighted by Crippen LogP contribution is 2.22. The Balaban J connectivity index is 3.45. The molecule has 0 aliphatic carbocycles. The summed E-state index contributed by atoms with van der Waals surface area (Å²) >= 11 is 0. The van der Waals surface area contributed by atoms with E-state index in [1.807, 2.05) is 0 Å². The summed E-state index contributed by atoms with van der Waals surface area (Å²) in [6.45, 7) is 2.89. The molecule has 0 aliphatic rings. The molecule has 0 N–H and O–H groups in total. The zero-order chi connectivity index (χ0) is 8.91. The maximum atomic E-state index is 12.2. The number of hydrogen-bond acceptors (Lipinski definition) is 0. The van der Waals surface area contributed by atoms with E-state index in [4.69, 9.17) is 0 Å². The molecule has 0 aromatic carbocycles. The molecular weight excluding hydrogens is 160 g/mol. The third-order valence-corrected chi connectivity index (χ3v) is 1.23. The molecule has 0 saturated heterocycles. The first-order chi connectivity index (χ1) is 4.98. The van der Waals surface area contributed by atoms with Gasteiger partial charge in [0.15, 0.2) is 0 Å². The van der Waals surface area contributed by atoms with Crippen LogP contribution < -0.4 is 0 Å². The van der Waals surface area contributed by atoms with Crippen molar-refractivity contribution in [2.75, 3.05) is 0 Å². The molecule has 0 radical (unpaired) electrons. The minimum atomic E-state index is -2.99. The van der Waals surface area contributed by atoms with Crippen LogP contribution >= 0.6 is 0 Å². The molecule has 0 atom stereocenters. The van der Waals surface area contributed by atoms with Crippen LogP contribution in [0.2, 0.25) is 0 Å². The van der Waals surface area contributed by atoms with Crippen LogP contribution in [0.5, 0.6) is 0 Å². The molecule has 0 aromatic heterocycles. The first kappa shape index (κ1) is 10.5. The minimum Gasteiger partial charge on any atom is -0.211 e. The number of alkyl halides is 4. The smallest absolute Gasteiger partial charge is 0.211 e. The Hall–Kier alpha value is -0.540. The molecule has 0 amide bonds. The van der Waals surface area contributed by atoms with E-state index in [1.54, 1.807) is 0 Å². The molecule has 0 nitrogen and oxygen atoms in total. The fourth-order valence-corrected chi connectivity index (χ4v) is 0.594. The lowest BCUT2D eigenvalue weighted by molar-refractivity contribution is 0.0362. The van der Waals surface area contributed by atoms with E-state index in [0.29, 0.717) is 6.08 Å². The average molecular weight is 170 g/mol. The predicted molar refractivity (Wildman–Crippen MR) is 35.0 cm³/mol. The van der Waals surface area contributed by atoms with Crippen LogP contribution in [0, 0.1) is 0 Å². The Labute approximate surface area is 62.9 Å². The van der Waals surface area contributed by atoms with Crippen molar-refractivity contribution in [3.8, 4) is 0 Å². The maximum Gasteiger partial charge on any atom is 0.266 e. The van der Waals surface area contributed by atoms with E-state index < -0.39 is 25.2 Å². The van der Waals surface area contributed by atoms with E-state index in [9.17, 15) is 17.6 Å². The van der Waals surface area contributed by atoms with Gasteiger partial charge in [-0.05, 0) is 12.5 Å². The standard InChI is InChI=1S/C7H10F4/c1-2-7(10,11)5-3-4-6(8)9/h2,6H,1,3-5H2. The van der Waals surface area contributed by atoms with Gasteiger partial charge < -0.3 is 0 Å². The molecule has 4 heteroatoms. The van der Waals surface area contributed by atoms with E-state index in [0.717, 1.165) is 0 Å². The van der Waals surface area contributed by atoms with E-state index in [2.05, 4.69) is 6.58 Å². The topological polar surface area (TPSA) is 0 Å². The van der Waals surface area contributed by atoms with Crippen LogP contribution in [-0.4, -0.2) is 12.3 Å². The number of halogens is 4. The Morgan fingerprint density at radius 3 is 2.27 bits per heavy atom. The first-order valence-corrected chi connectivity index (χ1v) is 3.27. The van der Waals surface area contributed by atoms with E-state index >= 15 is 0 Å². The van der Waals surface area contributed by atoms with Crippen LogP contribution in [0.15, 0.2) is 12.7 Å². The molecular formula is C7H10F4. The maximum absolute atomic E-state index is 12.2. The minimum absolute atomic E-state index is 0.170. The summed E-state index contributed by atoms with van der Waals surface area (Å²) in [5, 5.41) is 0. The zero-order valence-electron chi connectivity index (χ0n) is 5.99. The van der Waals surface area contributed by atoms with E-state index in [1.165, 1.54) is 0 Å². The third-order valence-electron chi connectivity index (χ3n) is 1.23. The van der Waals surface area contributed by atoms with Gasteiger partial charge in [-0.2, -0.15) is 0 Å². The van der Waals surface area contributed by atoms with Crippen molar-refractivity contribution in [2.24, 2.45) is 0 Å². The fourth-order valence-electron chi connectivity index (χ4n) is 0.594. The van der Waals surface area contributed by atoms with Crippen molar-refractivity contribution < 1.29 is 17.6 Å². The van der Waals surface area contributed by atoms with Crippen LogP contribution in [0.25, 0.3) is 0 Å². The second-order valence-electron chi connectivity index (χ2n) is 2.25. The van der Waals surface area contributed by atoms with Crippen molar-refractivity contribution in [1.82, 2.24) is 0 Å². The first-order valence-electron chi connectivity index (χ1n) is 3.27. The van der Waals surface area contributed by atoms with Gasteiger partial charge in [-0.25, -0.2) is 17.6 Å². The van der Waals surface area contributed by atoms with Crippen molar-refractivity contribution in [3.63, 3.8) is 0 Å². The quantitative estimate of drug-likeness (QED) is 0.439. The van der Waals surface area contributed by atoms with Gasteiger partial charge in [0.2, 0.25) is 6.43 Å². The summed E-state index contributed by atoms with van der Waals surface area (Å²) in [5.74, 6) is -2.99. The summed E-state index contributed by atoms with van der Waals surface area (Å²) in [5.41, 5.74) is 0. The molecule has 0 aliphatic heterocycles. The van der Waals surface area contributed by atoms with Crippen LogP contribution in [-0.2, 0) is 0 Å². The van der Waals surface area contributed by atoms with Gasteiger partial charge in [-0.3, -0.25) is 0 Å². The van der Waals surface area contributed by atoms with Crippen LogP contribution in [0.1, 0.15) is 19.3 Å². The average Bonchev–Trinajstić information content (AvgIpc) is 1.87. The van der Waals surface area contributed by atoms with Gasteiger partial charge in [0.1, 0.15) is 0 Å². The molecule has 0 heterocycles. The molecule has 0 rings (SSSR count). The normalized spacial score (nSPS) is 12.1. The number of allylic oxidation sites excluding steroid dienone is 1. The second kappa shape index (κ2) is 4.36. The molecule has 0 bridgehead atoms. The lowest BCUT2D eigenvalue weighted by Crippen LogP contribution is -2.11. The predicted octanol–water partition coefficient (Wildman–Crippen LogP) is 3.24. The second-order valence-corrected chi connectivity index (χ2v) is 2.25. The van der Waals surface area contributed by atoms with E-state index in [-0.39, 0.29) is 6.42 Å². The van der Waals surface area contributed by atoms with Crippen molar-refractivity contribution >= 4 is 0 Å². The summed E-state index contributed by atoms with van der Waals surface area (Å²) in [4.78, 5) is 0. The SMILES string of the molecule is C=CC(F)(F)CCCC(F)F. The highest BCUT2D eigenvalue weighted by atomic mass is 19.3. The van der Waals surface area contributed by atoms with Gasteiger partial charge in [0, 0.05) is 12.8 Å². The summed E-state index contributed by atoms with van der Waals surface area (Å²) in [6, 6.07) is 0. The highest BCUT2D eigenvalue weighted by molar-refractivity contribution is 4.86. The van der Waals surface area contributed by atoms with Gasteiger partial charge in [-0.1, -0.05) is 6.58 Å². The molecule has 0 saturated carbocycles. The Bertz CT molecular complexity index is 120. The molecule has 0 fully saturated rings. The molecule has 0 unspecified atom stereocenters. The van der Waals surface area contributed by atoms with Gasteiger partial charge in [-0.15, -0.1) is 0 Å². The van der Waals surface area contributed by atoms with Crippen molar-refractivity contribution in [3.05, 3.63) is 12.7 Å². The number of rotatable bonds is 5. The molecule has 11 heavy (non-hydrogen) atoms. The zero-order valence-corrected chi connectivity index (χ0v) is 5.99. The third kappa shape index (κ3) is 5.88. The Kier molecular flexibility index (Phi) is 4.15. The van der Waals surface area contributed by atoms with Crippen molar-refractivity contribution in [1.29, 1.82) is 0 Å². The van der Waals surface area contributed by atoms with Crippen molar-refractivity contribution in [2.45, 2.75) is 31.6 Å².